The summed E-state index contributed by atoms with van der Waals surface area (Å²) in [6.07, 6.45) is 0. The molecule has 0 N–H and O–H groups in total. The van der Waals surface area contributed by atoms with Gasteiger partial charge in [0.05, 0.1) is 0 Å². The Kier molecular flexibility index (Phi) is 12.0. The third kappa shape index (κ3) is 7.09. The van der Waals surface area contributed by atoms with E-state index in [1.165, 1.54) is 0 Å². The van der Waals surface area contributed by atoms with Gasteiger partial charge in [-0.2, -0.15) is 86.4 Å². The fourth-order valence-corrected chi connectivity index (χ4v) is 126. The molecule has 1 aliphatic rings. The van der Waals surface area contributed by atoms with E-state index in [-0.39, 0.29) is 0 Å². The van der Waals surface area contributed by atoms with Gasteiger partial charge < -0.3 is 15.5 Å². The summed E-state index contributed by atoms with van der Waals surface area (Å²) < 4.78 is 305. The first-order valence-electron chi connectivity index (χ1n) is 15.5. The molecule has 328 valence electrons. The van der Waals surface area contributed by atoms with Gasteiger partial charge in [0.15, 0.2) is 0 Å². The molecule has 5 rings (SSSR count). The molecule has 0 spiro atoms. The average Bonchev–Trinajstić information content (AvgIpc) is 3.14. The average molecular weight is 1020 g/mol. The Balaban J connectivity index is 2.38. The van der Waals surface area contributed by atoms with Crippen molar-refractivity contribution in [2.24, 2.45) is 0 Å². The molecule has 0 unspecified atom stereocenters. The molecule has 32 heteroatoms. The summed E-state index contributed by atoms with van der Waals surface area (Å²) in [6.45, 7) is 0. The Morgan fingerprint density at radius 3 is 0.533 bits per heavy atom. The maximum atomic E-state index is 14.7. The van der Waals surface area contributed by atoms with E-state index < -0.39 is 113 Å². The maximum Gasteiger partial charge on any atom is 0.522 e. The van der Waals surface area contributed by atoms with Gasteiger partial charge in [-0.1, -0.05) is 121 Å². The summed E-state index contributed by atoms with van der Waals surface area (Å²) in [5.74, 6) is 0. The van der Waals surface area contributed by atoms with Gasteiger partial charge in [0.2, 0.25) is 0 Å². The first kappa shape index (κ1) is 47.6. The molecule has 1 aliphatic heterocycles. The smallest absolute Gasteiger partial charge is 0.303 e. The van der Waals surface area contributed by atoms with Crippen molar-refractivity contribution < 1.29 is 102 Å². The second-order valence-corrected chi connectivity index (χ2v) is 50.9. The van der Waals surface area contributed by atoms with E-state index in [1.54, 1.807) is 0 Å². The lowest BCUT2D eigenvalue weighted by molar-refractivity contribution is -0.0517. The van der Waals surface area contributed by atoms with Crippen molar-refractivity contribution in [3.63, 3.8) is 0 Å². The highest BCUT2D eigenvalue weighted by Crippen LogP contribution is 2.57. The van der Waals surface area contributed by atoms with Crippen molar-refractivity contribution >= 4 is 90.6 Å². The number of rotatable bonds is 12. The molecule has 4 aromatic carbocycles. The lowest BCUT2D eigenvalue weighted by Gasteiger charge is -2.70. The SMILES string of the molecule is O=S(=O)(O[Si]1(c2ccccc2)[Si](OS(=O)(=O)C(F)(F)F)(c2ccccc2)[Si](OS(=O)(=O)C(F)(F)F)(c2ccccc2)[Si]1(OS(=O)(=O)C(F)(F)F)c1ccccc1)C(F)(F)F. The minimum atomic E-state index is -7.70. The number of halogens is 12. The highest BCUT2D eigenvalue weighted by atomic mass is 32.2. The number of alkyl halides is 12. The van der Waals surface area contributed by atoms with Gasteiger partial charge in [-0.05, 0) is 20.7 Å². The lowest BCUT2D eigenvalue weighted by atomic mass is 10.4. The van der Waals surface area contributed by atoms with Crippen LogP contribution in [0, 0.1) is 0 Å². The Morgan fingerprint density at radius 1 is 0.283 bits per heavy atom. The van der Waals surface area contributed by atoms with Gasteiger partial charge in [-0.3, -0.25) is 0 Å². The summed E-state index contributed by atoms with van der Waals surface area (Å²) in [5, 5.41) is -5.53. The summed E-state index contributed by atoms with van der Waals surface area (Å²) in [6, 6.07) is 12.7. The largest absolute Gasteiger partial charge is 0.522 e. The zero-order chi connectivity index (χ0) is 45.3. The first-order chi connectivity index (χ1) is 27.2. The third-order valence-electron chi connectivity index (χ3n) is 8.78. The molecular weight excluding hydrogens is 997 g/mol. The van der Waals surface area contributed by atoms with Crippen LogP contribution >= 0.6 is 0 Å². The maximum absolute atomic E-state index is 14.7. The molecule has 1 heterocycles. The first-order valence-corrected chi connectivity index (χ1v) is 32.8. The number of hydrogen-bond acceptors (Lipinski definition) is 12. The summed E-state index contributed by atoms with van der Waals surface area (Å²) in [5.41, 5.74) is -27.3. The van der Waals surface area contributed by atoms with Crippen LogP contribution in [0.1, 0.15) is 0 Å². The van der Waals surface area contributed by atoms with Gasteiger partial charge in [-0.25, -0.2) is 0 Å². The minimum Gasteiger partial charge on any atom is -0.303 e. The third-order valence-corrected chi connectivity index (χ3v) is 86.3. The molecule has 0 amide bonds. The van der Waals surface area contributed by atoms with Crippen LogP contribution in [0.15, 0.2) is 121 Å². The quantitative estimate of drug-likeness (QED) is 0.116. The number of benzene rings is 4. The second-order valence-electron chi connectivity index (χ2n) is 12.1. The van der Waals surface area contributed by atoms with Crippen molar-refractivity contribution in [3.8, 4) is 0 Å². The molecule has 0 bridgehead atoms. The van der Waals surface area contributed by atoms with Crippen LogP contribution in [0.5, 0.6) is 0 Å². The summed E-state index contributed by atoms with van der Waals surface area (Å²) in [4.78, 5) is 0. The van der Waals surface area contributed by atoms with E-state index in [2.05, 4.69) is 0 Å². The molecule has 1 saturated heterocycles. The van der Waals surface area contributed by atoms with Crippen LogP contribution in [-0.2, 0) is 56.0 Å². The van der Waals surface area contributed by atoms with E-state index in [0.717, 1.165) is 24.3 Å². The van der Waals surface area contributed by atoms with E-state index in [4.69, 9.17) is 15.5 Å². The molecule has 0 radical (unpaired) electrons. The van der Waals surface area contributed by atoms with Crippen LogP contribution in [0.25, 0.3) is 0 Å². The van der Waals surface area contributed by atoms with E-state index in [9.17, 15) is 86.4 Å². The molecule has 12 nitrogen and oxygen atoms in total. The van der Waals surface area contributed by atoms with Crippen molar-refractivity contribution in [1.82, 2.24) is 0 Å². The zero-order valence-corrected chi connectivity index (χ0v) is 35.9. The molecular formula is C28H20F12O12S4Si4. The lowest BCUT2D eigenvalue weighted by Crippen LogP contribution is -3.20. The van der Waals surface area contributed by atoms with Crippen molar-refractivity contribution in [2.75, 3.05) is 0 Å². The standard InChI is InChI=1S/C28H20F12O12S4Si4/c29-25(30,31)53(41,42)49-57(21-13-5-1-6-14-21)58(22-15-7-2-8-16-22,50-54(43,44)26(32,33)34)60(24-19-11-4-12-20-24,52-56(47,48)28(38,39)40)59(57,23-17-9-3-10-18-23)51-55(45,46)27(35,36)37/h1-20H. The van der Waals surface area contributed by atoms with E-state index in [0.29, 0.717) is 97.1 Å². The van der Waals surface area contributed by atoms with Gasteiger partial charge in [0.1, 0.15) is 0 Å². The van der Waals surface area contributed by atoms with E-state index >= 15 is 0 Å². The van der Waals surface area contributed by atoms with Gasteiger partial charge in [0.25, 0.3) is 29.4 Å². The molecule has 0 aromatic heterocycles. The van der Waals surface area contributed by atoms with Crippen molar-refractivity contribution in [2.45, 2.75) is 22.0 Å². The highest BCUT2D eigenvalue weighted by Gasteiger charge is 3.06. The van der Waals surface area contributed by atoms with Gasteiger partial charge >= 0.3 is 62.5 Å². The topological polar surface area (TPSA) is 173 Å². The molecule has 0 aliphatic carbocycles. The van der Waals surface area contributed by atoms with Crippen LogP contribution < -0.4 is 20.7 Å². The zero-order valence-electron chi connectivity index (χ0n) is 28.6. The summed E-state index contributed by atoms with van der Waals surface area (Å²) >= 11 is 0. The molecule has 0 saturated carbocycles. The Morgan fingerprint density at radius 2 is 0.417 bits per heavy atom. The van der Waals surface area contributed by atoms with Crippen LogP contribution in [-0.4, -0.2) is 85.1 Å². The van der Waals surface area contributed by atoms with Crippen molar-refractivity contribution in [3.05, 3.63) is 121 Å². The molecule has 60 heavy (non-hydrogen) atoms. The fourth-order valence-electron chi connectivity index (χ4n) is 6.76. The molecule has 4 aromatic rings. The van der Waals surface area contributed by atoms with Crippen LogP contribution in [0.4, 0.5) is 52.7 Å². The predicted molar refractivity (Wildman–Crippen MR) is 192 cm³/mol. The predicted octanol–water partition coefficient (Wildman–Crippen LogP) is 3.19. The van der Waals surface area contributed by atoms with Crippen LogP contribution in [0.3, 0.4) is 0 Å². The van der Waals surface area contributed by atoms with E-state index in [1.807, 2.05) is 0 Å². The normalized spacial score (nSPS) is 24.7. The monoisotopic (exact) mass is 1020 g/mol. The second kappa shape index (κ2) is 15.1. The van der Waals surface area contributed by atoms with Crippen LogP contribution in [0.2, 0.25) is 0 Å². The fraction of sp³-hybridized carbons (Fsp3) is 0.143. The minimum absolute atomic E-state index is 0.419. The van der Waals surface area contributed by atoms with Crippen molar-refractivity contribution in [1.29, 1.82) is 0 Å². The summed E-state index contributed by atoms with van der Waals surface area (Å²) in [7, 11) is -60.7. The molecule has 0 atom stereocenters. The highest BCUT2D eigenvalue weighted by molar-refractivity contribution is 8.22. The molecule has 1 fully saturated rings. The Hall–Kier alpha value is -3.45. The van der Waals surface area contributed by atoms with Gasteiger partial charge in [-0.15, -0.1) is 0 Å². The Labute approximate surface area is 334 Å². The Bertz CT molecular complexity index is 2290. The van der Waals surface area contributed by atoms with Gasteiger partial charge in [0, 0.05) is 0 Å². The number of hydrogen-bond donors (Lipinski definition) is 0.